The molecule has 1 unspecified atom stereocenters. The van der Waals surface area contributed by atoms with Crippen LogP contribution >= 0.6 is 0 Å². The Kier molecular flexibility index (Phi) is 22.9. The molecule has 0 saturated carbocycles. The molecule has 0 amide bonds. The SMILES string of the molecule is CCCCCCCCCCCCCCCC(O)NCCCCCCCC. The van der Waals surface area contributed by atoms with Crippen LogP contribution in [0.5, 0.6) is 0 Å². The fraction of sp³-hybridized carbons (Fsp3) is 1.00. The summed E-state index contributed by atoms with van der Waals surface area (Å²) in [5.41, 5.74) is 0. The van der Waals surface area contributed by atoms with Crippen molar-refractivity contribution in [2.75, 3.05) is 6.54 Å². The maximum Gasteiger partial charge on any atom is 0.104 e. The van der Waals surface area contributed by atoms with E-state index in [1.807, 2.05) is 0 Å². The molecule has 0 fully saturated rings. The smallest absolute Gasteiger partial charge is 0.104 e. The molecule has 0 aromatic heterocycles. The van der Waals surface area contributed by atoms with E-state index >= 15 is 0 Å². The Labute approximate surface area is 165 Å². The molecule has 26 heavy (non-hydrogen) atoms. The van der Waals surface area contributed by atoms with Crippen molar-refractivity contribution >= 4 is 0 Å². The zero-order chi connectivity index (χ0) is 19.1. The van der Waals surface area contributed by atoms with E-state index in [4.69, 9.17) is 0 Å². The molecule has 0 aliphatic carbocycles. The summed E-state index contributed by atoms with van der Waals surface area (Å²) >= 11 is 0. The van der Waals surface area contributed by atoms with Gasteiger partial charge in [-0.2, -0.15) is 0 Å². The first kappa shape index (κ1) is 25.9. The van der Waals surface area contributed by atoms with Gasteiger partial charge in [-0.25, -0.2) is 0 Å². The zero-order valence-corrected chi connectivity index (χ0v) is 18.4. The van der Waals surface area contributed by atoms with Crippen LogP contribution in [0.4, 0.5) is 0 Å². The second kappa shape index (κ2) is 23.0. The van der Waals surface area contributed by atoms with Gasteiger partial charge in [-0.1, -0.05) is 123 Å². The molecule has 2 N–H and O–H groups in total. The maximum atomic E-state index is 9.96. The third-order valence-electron chi connectivity index (χ3n) is 5.49. The molecule has 1 atom stereocenters. The molecule has 0 spiro atoms. The molecule has 2 heteroatoms. The van der Waals surface area contributed by atoms with E-state index in [0.29, 0.717) is 0 Å². The normalized spacial score (nSPS) is 12.6. The Morgan fingerprint density at radius 2 is 0.846 bits per heavy atom. The fourth-order valence-corrected chi connectivity index (χ4v) is 3.63. The number of aliphatic hydroxyl groups excluding tert-OH is 1. The highest BCUT2D eigenvalue weighted by Gasteiger charge is 2.02. The lowest BCUT2D eigenvalue weighted by Gasteiger charge is -2.12. The Balaban J connectivity index is 3.10. The largest absolute Gasteiger partial charge is 0.379 e. The van der Waals surface area contributed by atoms with Crippen LogP contribution in [0.25, 0.3) is 0 Å². The predicted molar refractivity (Wildman–Crippen MR) is 118 cm³/mol. The summed E-state index contributed by atoms with van der Waals surface area (Å²) < 4.78 is 0. The van der Waals surface area contributed by atoms with E-state index in [-0.39, 0.29) is 6.23 Å². The van der Waals surface area contributed by atoms with E-state index in [2.05, 4.69) is 19.2 Å². The molecule has 0 rings (SSSR count). The highest BCUT2D eigenvalue weighted by Crippen LogP contribution is 2.13. The quantitative estimate of drug-likeness (QED) is 0.151. The fourth-order valence-electron chi connectivity index (χ4n) is 3.63. The molecular formula is C24H51NO. The molecule has 0 saturated heterocycles. The summed E-state index contributed by atoms with van der Waals surface area (Å²) in [5, 5.41) is 13.2. The average molecular weight is 370 g/mol. The zero-order valence-electron chi connectivity index (χ0n) is 18.4. The van der Waals surface area contributed by atoms with E-state index in [9.17, 15) is 5.11 Å². The summed E-state index contributed by atoms with van der Waals surface area (Å²) in [6.07, 6.45) is 26.6. The lowest BCUT2D eigenvalue weighted by atomic mass is 10.0. The highest BCUT2D eigenvalue weighted by molar-refractivity contribution is 4.56. The topological polar surface area (TPSA) is 32.3 Å². The van der Waals surface area contributed by atoms with Gasteiger partial charge in [-0.3, -0.25) is 5.32 Å². The van der Waals surface area contributed by atoms with Crippen LogP contribution in [-0.4, -0.2) is 17.9 Å². The molecule has 0 radical (unpaired) electrons. The van der Waals surface area contributed by atoms with Gasteiger partial charge in [0.1, 0.15) is 6.23 Å². The van der Waals surface area contributed by atoms with E-state index in [1.165, 1.54) is 122 Å². The van der Waals surface area contributed by atoms with Crippen LogP contribution in [0.1, 0.15) is 142 Å². The third-order valence-corrected chi connectivity index (χ3v) is 5.49. The number of nitrogens with one attached hydrogen (secondary N) is 1. The summed E-state index contributed by atoms with van der Waals surface area (Å²) in [6, 6.07) is 0. The first-order chi connectivity index (χ1) is 12.8. The van der Waals surface area contributed by atoms with Gasteiger partial charge in [0.25, 0.3) is 0 Å². The highest BCUT2D eigenvalue weighted by atomic mass is 16.3. The van der Waals surface area contributed by atoms with Crippen molar-refractivity contribution in [1.82, 2.24) is 5.32 Å². The number of hydrogen-bond donors (Lipinski definition) is 2. The third kappa shape index (κ3) is 22.0. The molecule has 0 aliphatic heterocycles. The van der Waals surface area contributed by atoms with Crippen LogP contribution in [0.15, 0.2) is 0 Å². The minimum Gasteiger partial charge on any atom is -0.379 e. The Hall–Kier alpha value is -0.0800. The average Bonchev–Trinajstić information content (AvgIpc) is 2.64. The van der Waals surface area contributed by atoms with Crippen LogP contribution in [-0.2, 0) is 0 Å². The Morgan fingerprint density at radius 1 is 0.500 bits per heavy atom. The van der Waals surface area contributed by atoms with Crippen molar-refractivity contribution in [1.29, 1.82) is 0 Å². The lowest BCUT2D eigenvalue weighted by Crippen LogP contribution is -2.29. The number of hydrogen-bond acceptors (Lipinski definition) is 2. The molecule has 0 aliphatic rings. The first-order valence-corrected chi connectivity index (χ1v) is 12.2. The summed E-state index contributed by atoms with van der Waals surface area (Å²) in [5.74, 6) is 0. The van der Waals surface area contributed by atoms with Gasteiger partial charge in [0, 0.05) is 0 Å². The minimum atomic E-state index is -0.279. The maximum absolute atomic E-state index is 9.96. The van der Waals surface area contributed by atoms with E-state index in [0.717, 1.165) is 13.0 Å². The summed E-state index contributed by atoms with van der Waals surface area (Å²) in [7, 11) is 0. The summed E-state index contributed by atoms with van der Waals surface area (Å²) in [6.45, 7) is 5.52. The van der Waals surface area contributed by atoms with Crippen molar-refractivity contribution in [2.45, 2.75) is 148 Å². The lowest BCUT2D eigenvalue weighted by molar-refractivity contribution is 0.124. The second-order valence-corrected chi connectivity index (χ2v) is 8.27. The van der Waals surface area contributed by atoms with E-state index in [1.54, 1.807) is 0 Å². The van der Waals surface area contributed by atoms with Gasteiger partial charge >= 0.3 is 0 Å². The van der Waals surface area contributed by atoms with Gasteiger partial charge in [-0.05, 0) is 25.8 Å². The first-order valence-electron chi connectivity index (χ1n) is 12.2. The molecule has 2 nitrogen and oxygen atoms in total. The van der Waals surface area contributed by atoms with Crippen LogP contribution in [0, 0.1) is 0 Å². The van der Waals surface area contributed by atoms with Crippen LogP contribution in [0.2, 0.25) is 0 Å². The number of rotatable bonds is 22. The molecule has 0 bridgehead atoms. The number of unbranched alkanes of at least 4 members (excludes halogenated alkanes) is 17. The van der Waals surface area contributed by atoms with Gasteiger partial charge in [0.15, 0.2) is 0 Å². The molecule has 0 heterocycles. The minimum absolute atomic E-state index is 0.279. The molecule has 0 aromatic carbocycles. The van der Waals surface area contributed by atoms with Crippen molar-refractivity contribution in [3.05, 3.63) is 0 Å². The van der Waals surface area contributed by atoms with Crippen molar-refractivity contribution in [2.24, 2.45) is 0 Å². The Morgan fingerprint density at radius 3 is 1.27 bits per heavy atom. The van der Waals surface area contributed by atoms with Gasteiger partial charge < -0.3 is 5.11 Å². The van der Waals surface area contributed by atoms with Crippen molar-refractivity contribution in [3.63, 3.8) is 0 Å². The number of aliphatic hydroxyl groups is 1. The summed E-state index contributed by atoms with van der Waals surface area (Å²) in [4.78, 5) is 0. The molecule has 158 valence electrons. The second-order valence-electron chi connectivity index (χ2n) is 8.27. The van der Waals surface area contributed by atoms with Crippen molar-refractivity contribution < 1.29 is 5.11 Å². The molecule has 0 aromatic rings. The van der Waals surface area contributed by atoms with E-state index < -0.39 is 0 Å². The van der Waals surface area contributed by atoms with Gasteiger partial charge in [-0.15, -0.1) is 0 Å². The van der Waals surface area contributed by atoms with Gasteiger partial charge in [0.05, 0.1) is 0 Å². The van der Waals surface area contributed by atoms with Gasteiger partial charge in [0.2, 0.25) is 0 Å². The monoisotopic (exact) mass is 369 g/mol. The van der Waals surface area contributed by atoms with Crippen LogP contribution < -0.4 is 5.32 Å². The van der Waals surface area contributed by atoms with Crippen molar-refractivity contribution in [3.8, 4) is 0 Å². The predicted octanol–water partition coefficient (Wildman–Crippen LogP) is 7.74. The molecular weight excluding hydrogens is 318 g/mol. The standard InChI is InChI=1S/C24H51NO/c1-3-5-7-9-11-12-13-14-15-16-17-18-20-22-24(26)25-23-21-19-10-8-6-4-2/h24-26H,3-23H2,1-2H3. The van der Waals surface area contributed by atoms with Crippen LogP contribution in [0.3, 0.4) is 0 Å². The Bertz CT molecular complexity index is 244.